The molecule has 1 amide bonds. The first kappa shape index (κ1) is 14.5. The molecule has 5 nitrogen and oxygen atoms in total. The van der Waals surface area contributed by atoms with Gasteiger partial charge in [0, 0.05) is 6.42 Å². The molecule has 2 fully saturated rings. The van der Waals surface area contributed by atoms with Crippen molar-refractivity contribution in [2.24, 2.45) is 0 Å². The van der Waals surface area contributed by atoms with Crippen LogP contribution in [-0.2, 0) is 20.9 Å². The van der Waals surface area contributed by atoms with E-state index in [9.17, 15) is 9.59 Å². The van der Waals surface area contributed by atoms with Crippen molar-refractivity contribution in [2.45, 2.75) is 29.9 Å². The number of hydrogen-bond acceptors (Lipinski definition) is 4. The maximum atomic E-state index is 12.4. The molecule has 0 saturated carbocycles. The molecule has 3 rings (SSSR count). The van der Waals surface area contributed by atoms with E-state index in [2.05, 4.69) is 15.9 Å². The minimum Gasteiger partial charge on any atom is -0.445 e. The summed E-state index contributed by atoms with van der Waals surface area (Å²) in [7, 11) is 0. The van der Waals surface area contributed by atoms with Crippen molar-refractivity contribution in [1.29, 1.82) is 0 Å². The largest absolute Gasteiger partial charge is 0.445 e. The number of carbonyl (C=O) groups is 2. The first-order valence-electron chi connectivity index (χ1n) is 6.90. The smallest absolute Gasteiger partial charge is 0.410 e. The predicted molar refractivity (Wildman–Crippen MR) is 79.2 cm³/mol. The Morgan fingerprint density at radius 2 is 2.10 bits per heavy atom. The van der Waals surface area contributed by atoms with Gasteiger partial charge in [-0.3, -0.25) is 9.69 Å². The van der Waals surface area contributed by atoms with Crippen LogP contribution < -0.4 is 0 Å². The van der Waals surface area contributed by atoms with E-state index in [1.54, 1.807) is 4.90 Å². The van der Waals surface area contributed by atoms with E-state index in [0.29, 0.717) is 19.6 Å². The first-order chi connectivity index (χ1) is 10.2. The van der Waals surface area contributed by atoms with Gasteiger partial charge in [-0.2, -0.15) is 0 Å². The normalized spacial score (nSPS) is 28.3. The maximum Gasteiger partial charge on any atom is 0.410 e. The van der Waals surface area contributed by atoms with Crippen molar-refractivity contribution in [2.75, 3.05) is 13.2 Å². The molecule has 2 bridgehead atoms. The van der Waals surface area contributed by atoms with Gasteiger partial charge >= 0.3 is 6.09 Å². The topological polar surface area (TPSA) is 55.8 Å². The highest BCUT2D eigenvalue weighted by atomic mass is 79.9. The Bertz CT molecular complexity index is 536. The molecule has 6 heteroatoms. The molecule has 2 aliphatic rings. The summed E-state index contributed by atoms with van der Waals surface area (Å²) < 4.78 is 10.9. The highest BCUT2D eigenvalue weighted by Gasteiger charge is 2.47. The fraction of sp³-hybridized carbons (Fsp3) is 0.467. The summed E-state index contributed by atoms with van der Waals surface area (Å²) in [4.78, 5) is 25.5. The summed E-state index contributed by atoms with van der Waals surface area (Å²) in [6.45, 7) is 0.984. The van der Waals surface area contributed by atoms with Crippen molar-refractivity contribution >= 4 is 27.8 Å². The number of ketones is 1. The van der Waals surface area contributed by atoms with Crippen LogP contribution in [0.15, 0.2) is 30.3 Å². The molecule has 1 aromatic carbocycles. The summed E-state index contributed by atoms with van der Waals surface area (Å²) in [5.41, 5.74) is 0.940. The van der Waals surface area contributed by atoms with Crippen LogP contribution in [0, 0.1) is 0 Å². The molecule has 3 unspecified atom stereocenters. The molecule has 3 atom stereocenters. The Morgan fingerprint density at radius 3 is 2.86 bits per heavy atom. The fourth-order valence-electron chi connectivity index (χ4n) is 2.78. The Balaban J connectivity index is 1.67. The van der Waals surface area contributed by atoms with E-state index in [0.717, 1.165) is 5.56 Å². The quantitative estimate of drug-likeness (QED) is 0.764. The van der Waals surface area contributed by atoms with Crippen LogP contribution in [0.25, 0.3) is 0 Å². The molecule has 0 aliphatic carbocycles. The molecule has 0 aromatic heterocycles. The van der Waals surface area contributed by atoms with Crippen LogP contribution in [0.3, 0.4) is 0 Å². The molecular formula is C15H16BrNO4. The first-order valence-corrected chi connectivity index (χ1v) is 7.82. The number of Topliss-reactive ketones (excluding diaryl/α,β-unsaturated/α-hetero) is 1. The minimum atomic E-state index is -0.380. The summed E-state index contributed by atoms with van der Waals surface area (Å²) in [5.74, 6) is 0.125. The average molecular weight is 354 g/mol. The van der Waals surface area contributed by atoms with Gasteiger partial charge < -0.3 is 9.47 Å². The van der Waals surface area contributed by atoms with E-state index >= 15 is 0 Å². The van der Waals surface area contributed by atoms with Gasteiger partial charge in [0.25, 0.3) is 0 Å². The molecular weight excluding hydrogens is 338 g/mol. The third-order valence-corrected chi connectivity index (χ3v) is 4.97. The molecule has 0 N–H and O–H groups in total. The van der Waals surface area contributed by atoms with E-state index < -0.39 is 0 Å². The second kappa shape index (κ2) is 6.15. The van der Waals surface area contributed by atoms with Crippen molar-refractivity contribution < 1.29 is 19.1 Å². The molecule has 112 valence electrons. The number of hydrogen-bond donors (Lipinski definition) is 0. The average Bonchev–Trinajstić information content (AvgIpc) is 2.51. The summed E-state index contributed by atoms with van der Waals surface area (Å²) in [6.07, 6.45) is -0.0681. The zero-order valence-electron chi connectivity index (χ0n) is 11.4. The van der Waals surface area contributed by atoms with Crippen molar-refractivity contribution in [3.05, 3.63) is 35.9 Å². The van der Waals surface area contributed by atoms with Gasteiger partial charge in [-0.25, -0.2) is 4.79 Å². The Morgan fingerprint density at radius 1 is 1.33 bits per heavy atom. The van der Waals surface area contributed by atoms with E-state index in [1.165, 1.54) is 0 Å². The van der Waals surface area contributed by atoms with Gasteiger partial charge in [0.05, 0.1) is 30.1 Å². The lowest BCUT2D eigenvalue weighted by molar-refractivity contribution is -0.131. The fourth-order valence-corrected chi connectivity index (χ4v) is 3.37. The summed E-state index contributed by atoms with van der Waals surface area (Å²) >= 11 is 3.37. The molecule has 2 saturated heterocycles. The second-order valence-corrected chi connectivity index (χ2v) is 6.26. The zero-order valence-corrected chi connectivity index (χ0v) is 13.0. The van der Waals surface area contributed by atoms with E-state index in [1.807, 2.05) is 30.3 Å². The van der Waals surface area contributed by atoms with Crippen LogP contribution >= 0.6 is 15.9 Å². The maximum absolute atomic E-state index is 12.4. The number of fused-ring (bicyclic) bond motifs is 2. The lowest BCUT2D eigenvalue weighted by atomic mass is 9.93. The van der Waals surface area contributed by atoms with Gasteiger partial charge in [-0.05, 0) is 5.56 Å². The lowest BCUT2D eigenvalue weighted by Crippen LogP contribution is -2.63. The highest BCUT2D eigenvalue weighted by Crippen LogP contribution is 2.30. The molecule has 0 spiro atoms. The van der Waals surface area contributed by atoms with Gasteiger partial charge in [-0.15, -0.1) is 0 Å². The summed E-state index contributed by atoms with van der Waals surface area (Å²) in [5, 5.41) is 0. The predicted octanol–water partition coefficient (Wildman–Crippen LogP) is 2.13. The van der Waals surface area contributed by atoms with Crippen LogP contribution in [0.1, 0.15) is 12.0 Å². The minimum absolute atomic E-state index is 0.125. The second-order valence-electron chi connectivity index (χ2n) is 5.28. The monoisotopic (exact) mass is 353 g/mol. The third kappa shape index (κ3) is 2.96. The van der Waals surface area contributed by atoms with E-state index in [-0.39, 0.29) is 35.4 Å². The van der Waals surface area contributed by atoms with Gasteiger partial charge in [0.2, 0.25) is 0 Å². The number of alkyl halides is 1. The number of amides is 1. The molecule has 2 aliphatic heterocycles. The number of morpholine rings is 1. The highest BCUT2D eigenvalue weighted by molar-refractivity contribution is 9.10. The number of benzene rings is 1. The van der Waals surface area contributed by atoms with Gasteiger partial charge in [0.1, 0.15) is 6.61 Å². The SMILES string of the molecule is O=C1CC2COCC(C1Br)N2C(=O)OCc1ccccc1. The molecule has 1 aromatic rings. The van der Waals surface area contributed by atoms with Crippen molar-refractivity contribution in [1.82, 2.24) is 4.90 Å². The number of nitrogens with zero attached hydrogens (tertiary/aromatic N) is 1. The van der Waals surface area contributed by atoms with Crippen LogP contribution in [0.4, 0.5) is 4.79 Å². The number of carbonyl (C=O) groups excluding carboxylic acids is 2. The Kier molecular flexibility index (Phi) is 4.26. The van der Waals surface area contributed by atoms with Crippen LogP contribution in [-0.4, -0.2) is 46.9 Å². The van der Waals surface area contributed by atoms with Crippen LogP contribution in [0.2, 0.25) is 0 Å². The van der Waals surface area contributed by atoms with Gasteiger partial charge in [-0.1, -0.05) is 46.3 Å². The Hall–Kier alpha value is -1.40. The summed E-state index contributed by atoms with van der Waals surface area (Å²) in [6, 6.07) is 9.04. The molecule has 2 heterocycles. The van der Waals surface area contributed by atoms with E-state index in [4.69, 9.17) is 9.47 Å². The molecule has 21 heavy (non-hydrogen) atoms. The number of ether oxygens (including phenoxy) is 2. The zero-order chi connectivity index (χ0) is 14.8. The van der Waals surface area contributed by atoms with Crippen LogP contribution in [0.5, 0.6) is 0 Å². The van der Waals surface area contributed by atoms with Crippen molar-refractivity contribution in [3.63, 3.8) is 0 Å². The lowest BCUT2D eigenvalue weighted by Gasteiger charge is -2.46. The standard InChI is InChI=1S/C15H16BrNO4/c16-14-12-9-20-8-11(6-13(14)18)17(12)15(19)21-7-10-4-2-1-3-5-10/h1-5,11-12,14H,6-9H2. The third-order valence-electron chi connectivity index (χ3n) is 3.85. The van der Waals surface area contributed by atoms with Crippen molar-refractivity contribution in [3.8, 4) is 0 Å². The van der Waals surface area contributed by atoms with Gasteiger partial charge in [0.15, 0.2) is 5.78 Å². The number of halogens is 1. The molecule has 0 radical (unpaired) electrons. The number of piperidine rings is 1. The Labute approximate surface area is 131 Å². The number of rotatable bonds is 2.